The van der Waals surface area contributed by atoms with Crippen molar-refractivity contribution in [2.75, 3.05) is 45.3 Å². The van der Waals surface area contributed by atoms with Crippen molar-refractivity contribution in [1.29, 1.82) is 0 Å². The number of nitrogens with zero attached hydrogens (tertiary/aromatic N) is 6. The number of aryl methyl sites for hydroxylation is 1. The van der Waals surface area contributed by atoms with Crippen LogP contribution in [0.1, 0.15) is 60.3 Å². The molecule has 0 bridgehead atoms. The number of fused-ring (bicyclic) bond motifs is 1. The molecule has 2 fully saturated rings. The predicted octanol–water partition coefficient (Wildman–Crippen LogP) is 4.18. The summed E-state index contributed by atoms with van der Waals surface area (Å²) >= 11 is 0. The van der Waals surface area contributed by atoms with E-state index in [2.05, 4.69) is 62.4 Å². The Bertz CT molecular complexity index is 1570. The van der Waals surface area contributed by atoms with E-state index in [0.717, 1.165) is 50.2 Å². The number of nitrogens with one attached hydrogen (secondary N) is 1. The van der Waals surface area contributed by atoms with Crippen LogP contribution in [-0.2, 0) is 0 Å². The van der Waals surface area contributed by atoms with Gasteiger partial charge in [-0.1, -0.05) is 25.0 Å². The number of aromatic amines is 1. The smallest absolute Gasteiger partial charge is 0.253 e. The molecule has 2 aromatic carbocycles. The van der Waals surface area contributed by atoms with Gasteiger partial charge in [-0.05, 0) is 66.4 Å². The second-order valence-corrected chi connectivity index (χ2v) is 10.9. The predicted molar refractivity (Wildman–Crippen MR) is 155 cm³/mol. The summed E-state index contributed by atoms with van der Waals surface area (Å²) in [5.41, 5.74) is 5.06. The number of tetrazole rings is 1. The van der Waals surface area contributed by atoms with Crippen LogP contribution < -0.4 is 19.9 Å². The number of H-pyrrole nitrogens is 1. The summed E-state index contributed by atoms with van der Waals surface area (Å²) in [4.78, 5) is 21.6. The number of benzene rings is 2. The van der Waals surface area contributed by atoms with Crippen molar-refractivity contribution >= 4 is 16.6 Å². The van der Waals surface area contributed by atoms with Crippen molar-refractivity contribution in [3.63, 3.8) is 0 Å². The van der Waals surface area contributed by atoms with E-state index < -0.39 is 0 Å². The Morgan fingerprint density at radius 2 is 1.70 bits per heavy atom. The fourth-order valence-electron chi connectivity index (χ4n) is 6.34. The van der Waals surface area contributed by atoms with E-state index in [1.165, 1.54) is 29.7 Å². The van der Waals surface area contributed by atoms with Gasteiger partial charge >= 0.3 is 0 Å². The lowest BCUT2D eigenvalue weighted by Crippen LogP contribution is -2.49. The standard InChI is InChI=1S/C30H37N7O3/c1-19-8-7-11-25(20(19)2)35-12-14-36(15-13-35)28(29-32-33-34-37(29)22-9-5-6-10-22)23-16-21-17-26(39-3)27(40-4)18-24(21)31-30(23)38/h7-8,11,16-18,22,28H,5-6,9-10,12-15H2,1-4H3,(H,31,38). The molecule has 1 N–H and O–H groups in total. The average Bonchev–Trinajstić information content (AvgIpc) is 3.67. The van der Waals surface area contributed by atoms with Crippen LogP contribution in [0, 0.1) is 13.8 Å². The number of aromatic nitrogens is 5. The van der Waals surface area contributed by atoms with Crippen molar-refractivity contribution in [3.05, 3.63) is 69.3 Å². The van der Waals surface area contributed by atoms with Crippen LogP contribution in [0.4, 0.5) is 5.69 Å². The molecule has 1 saturated carbocycles. The maximum atomic E-state index is 13.7. The minimum absolute atomic E-state index is 0.150. The maximum absolute atomic E-state index is 13.7. The van der Waals surface area contributed by atoms with Gasteiger partial charge in [0.05, 0.1) is 25.8 Å². The number of hydrogen-bond acceptors (Lipinski definition) is 8. The van der Waals surface area contributed by atoms with E-state index in [1.54, 1.807) is 20.3 Å². The summed E-state index contributed by atoms with van der Waals surface area (Å²) < 4.78 is 13.0. The normalized spacial score (nSPS) is 17.4. The summed E-state index contributed by atoms with van der Waals surface area (Å²) in [5.74, 6) is 1.92. The van der Waals surface area contributed by atoms with Gasteiger partial charge in [-0.2, -0.15) is 0 Å². The van der Waals surface area contributed by atoms with E-state index in [4.69, 9.17) is 9.47 Å². The molecule has 0 spiro atoms. The zero-order chi connectivity index (χ0) is 27.8. The Balaban J connectivity index is 1.41. The molecule has 0 amide bonds. The molecule has 3 heterocycles. The van der Waals surface area contributed by atoms with Crippen LogP contribution in [0.5, 0.6) is 11.5 Å². The second kappa shape index (κ2) is 10.9. The maximum Gasteiger partial charge on any atom is 0.253 e. The quantitative estimate of drug-likeness (QED) is 0.371. The minimum atomic E-state index is -0.377. The number of methoxy groups -OCH3 is 2. The van der Waals surface area contributed by atoms with Crippen molar-refractivity contribution < 1.29 is 9.47 Å². The Morgan fingerprint density at radius 3 is 2.42 bits per heavy atom. The molecule has 1 aliphatic carbocycles. The highest BCUT2D eigenvalue weighted by Crippen LogP contribution is 2.36. The van der Waals surface area contributed by atoms with E-state index in [0.29, 0.717) is 22.6 Å². The molecule has 10 nitrogen and oxygen atoms in total. The molecule has 0 radical (unpaired) electrons. The number of hydrogen-bond donors (Lipinski definition) is 1. The third-order valence-corrected chi connectivity index (χ3v) is 8.70. The molecular formula is C30H37N7O3. The van der Waals surface area contributed by atoms with Gasteiger partial charge in [-0.3, -0.25) is 9.69 Å². The van der Waals surface area contributed by atoms with E-state index in [9.17, 15) is 4.79 Å². The van der Waals surface area contributed by atoms with Gasteiger partial charge < -0.3 is 19.4 Å². The van der Waals surface area contributed by atoms with Crippen LogP contribution in [0.15, 0.2) is 41.2 Å². The molecular weight excluding hydrogens is 506 g/mol. The highest BCUT2D eigenvalue weighted by molar-refractivity contribution is 5.83. The molecule has 210 valence electrons. The number of anilines is 1. The Kier molecular flexibility index (Phi) is 7.18. The number of piperazine rings is 1. The molecule has 6 rings (SSSR count). The first-order valence-corrected chi connectivity index (χ1v) is 14.1. The van der Waals surface area contributed by atoms with Crippen molar-refractivity contribution in [2.24, 2.45) is 0 Å². The zero-order valence-electron chi connectivity index (χ0n) is 23.7. The van der Waals surface area contributed by atoms with Crippen LogP contribution in [0.25, 0.3) is 10.9 Å². The van der Waals surface area contributed by atoms with Crippen molar-refractivity contribution in [1.82, 2.24) is 30.1 Å². The van der Waals surface area contributed by atoms with E-state index >= 15 is 0 Å². The summed E-state index contributed by atoms with van der Waals surface area (Å²) in [6.45, 7) is 7.60. The first-order valence-electron chi connectivity index (χ1n) is 14.1. The summed E-state index contributed by atoms with van der Waals surface area (Å²) in [7, 11) is 3.21. The highest BCUT2D eigenvalue weighted by Gasteiger charge is 2.35. The van der Waals surface area contributed by atoms with Gasteiger partial charge in [0.25, 0.3) is 5.56 Å². The molecule has 2 aliphatic rings. The monoisotopic (exact) mass is 543 g/mol. The van der Waals surface area contributed by atoms with E-state index in [1.807, 2.05) is 16.8 Å². The van der Waals surface area contributed by atoms with Crippen LogP contribution in [-0.4, -0.2) is 70.5 Å². The fourth-order valence-corrected chi connectivity index (χ4v) is 6.34. The number of rotatable bonds is 7. The molecule has 1 unspecified atom stereocenters. The summed E-state index contributed by atoms with van der Waals surface area (Å²) in [6, 6.07) is 12.0. The molecule has 2 aromatic heterocycles. The van der Waals surface area contributed by atoms with Crippen molar-refractivity contribution in [2.45, 2.75) is 51.6 Å². The first kappa shape index (κ1) is 26.3. The number of pyridine rings is 1. The first-order chi connectivity index (χ1) is 19.5. The third-order valence-electron chi connectivity index (χ3n) is 8.70. The molecule has 4 aromatic rings. The summed E-state index contributed by atoms with van der Waals surface area (Å²) in [5, 5.41) is 14.0. The molecule has 1 atom stereocenters. The highest BCUT2D eigenvalue weighted by atomic mass is 16.5. The second-order valence-electron chi connectivity index (χ2n) is 10.9. The largest absolute Gasteiger partial charge is 0.493 e. The lowest BCUT2D eigenvalue weighted by atomic mass is 10.0. The third kappa shape index (κ3) is 4.70. The summed E-state index contributed by atoms with van der Waals surface area (Å²) in [6.07, 6.45) is 4.44. The lowest BCUT2D eigenvalue weighted by molar-refractivity contribution is 0.196. The minimum Gasteiger partial charge on any atom is -0.493 e. The average molecular weight is 544 g/mol. The van der Waals surface area contributed by atoms with Gasteiger partial charge in [0, 0.05) is 48.9 Å². The zero-order valence-corrected chi connectivity index (χ0v) is 23.7. The molecule has 1 aliphatic heterocycles. The van der Waals surface area contributed by atoms with Crippen LogP contribution >= 0.6 is 0 Å². The lowest BCUT2D eigenvalue weighted by Gasteiger charge is -2.40. The topological polar surface area (TPSA) is 101 Å². The van der Waals surface area contributed by atoms with Gasteiger partial charge in [0.15, 0.2) is 17.3 Å². The number of ether oxygens (including phenoxy) is 2. The Labute approximate surface area is 233 Å². The molecule has 1 saturated heterocycles. The van der Waals surface area contributed by atoms with Gasteiger partial charge in [0.1, 0.15) is 6.04 Å². The Morgan fingerprint density at radius 1 is 0.975 bits per heavy atom. The van der Waals surface area contributed by atoms with Crippen LogP contribution in [0.2, 0.25) is 0 Å². The van der Waals surface area contributed by atoms with E-state index in [-0.39, 0.29) is 17.6 Å². The fraction of sp³-hybridized carbons (Fsp3) is 0.467. The van der Waals surface area contributed by atoms with Crippen LogP contribution in [0.3, 0.4) is 0 Å². The Hall–Kier alpha value is -3.92. The van der Waals surface area contributed by atoms with Crippen molar-refractivity contribution in [3.8, 4) is 11.5 Å². The SMILES string of the molecule is COc1cc2cc(C(c3nnnn3C3CCCC3)N3CCN(c4cccc(C)c4C)CC3)c(=O)[nH]c2cc1OC. The molecule has 10 heteroatoms. The molecule has 40 heavy (non-hydrogen) atoms. The van der Waals surface area contributed by atoms with Gasteiger partial charge in [-0.25, -0.2) is 4.68 Å². The van der Waals surface area contributed by atoms with Gasteiger partial charge in [-0.15, -0.1) is 5.10 Å². The van der Waals surface area contributed by atoms with Gasteiger partial charge in [0.2, 0.25) is 0 Å².